The van der Waals surface area contributed by atoms with Gasteiger partial charge in [0.15, 0.2) is 0 Å². The van der Waals surface area contributed by atoms with Crippen LogP contribution in [0.25, 0.3) is 0 Å². The molecule has 1 aliphatic rings. The molecule has 6 nitrogen and oxygen atoms in total. The third-order valence-electron chi connectivity index (χ3n) is 4.20. The van der Waals surface area contributed by atoms with Gasteiger partial charge in [-0.05, 0) is 24.6 Å². The molecule has 0 radical (unpaired) electrons. The van der Waals surface area contributed by atoms with Gasteiger partial charge in [0.2, 0.25) is 0 Å². The fourth-order valence-corrected chi connectivity index (χ4v) is 3.14. The number of aromatic nitrogens is 2. The van der Waals surface area contributed by atoms with Gasteiger partial charge in [-0.1, -0.05) is 12.1 Å². The van der Waals surface area contributed by atoms with Crippen LogP contribution in [0.4, 0.5) is 0 Å². The molecule has 1 N–H and O–H groups in total. The van der Waals surface area contributed by atoms with Gasteiger partial charge in [0, 0.05) is 26.2 Å². The standard InChI is InChI=1S/C17H18N4O2/c1-2-21-11-19-15-10-20(9-14(16(15)21)17(22)23)8-13-5-3-4-12(6-13)7-18/h3-6,11,14H,2,8-10H2,1H3,(H,22,23). The van der Waals surface area contributed by atoms with E-state index in [1.165, 1.54) is 0 Å². The van der Waals surface area contributed by atoms with Crippen molar-refractivity contribution in [3.05, 3.63) is 53.1 Å². The van der Waals surface area contributed by atoms with Gasteiger partial charge in [0.1, 0.15) is 5.92 Å². The van der Waals surface area contributed by atoms with Crippen molar-refractivity contribution in [2.45, 2.75) is 32.5 Å². The number of fused-ring (bicyclic) bond motifs is 1. The molecule has 6 heteroatoms. The van der Waals surface area contributed by atoms with Crippen molar-refractivity contribution in [2.75, 3.05) is 6.54 Å². The predicted molar refractivity (Wildman–Crippen MR) is 83.5 cm³/mol. The normalized spacial score (nSPS) is 17.5. The van der Waals surface area contributed by atoms with Gasteiger partial charge in [-0.3, -0.25) is 9.69 Å². The maximum absolute atomic E-state index is 11.7. The van der Waals surface area contributed by atoms with Crippen molar-refractivity contribution in [2.24, 2.45) is 0 Å². The number of hydrogen-bond donors (Lipinski definition) is 1. The van der Waals surface area contributed by atoms with Crippen molar-refractivity contribution in [3.63, 3.8) is 0 Å². The molecule has 1 atom stereocenters. The zero-order valence-electron chi connectivity index (χ0n) is 12.9. The number of rotatable bonds is 4. The summed E-state index contributed by atoms with van der Waals surface area (Å²) in [5.41, 5.74) is 3.28. The van der Waals surface area contributed by atoms with Crippen LogP contribution < -0.4 is 0 Å². The summed E-state index contributed by atoms with van der Waals surface area (Å²) in [6.07, 6.45) is 1.72. The van der Waals surface area contributed by atoms with Gasteiger partial charge < -0.3 is 9.67 Å². The molecule has 23 heavy (non-hydrogen) atoms. The quantitative estimate of drug-likeness (QED) is 0.933. The number of imidazole rings is 1. The lowest BCUT2D eigenvalue weighted by Crippen LogP contribution is -2.37. The van der Waals surface area contributed by atoms with Crippen LogP contribution in [-0.4, -0.2) is 32.1 Å². The fourth-order valence-electron chi connectivity index (χ4n) is 3.14. The fraction of sp³-hybridized carbons (Fsp3) is 0.353. The highest BCUT2D eigenvalue weighted by Crippen LogP contribution is 2.29. The maximum Gasteiger partial charge on any atom is 0.313 e. The summed E-state index contributed by atoms with van der Waals surface area (Å²) in [6.45, 7) is 4.39. The van der Waals surface area contributed by atoms with Crippen LogP contribution in [0.1, 0.15) is 35.4 Å². The Labute approximate surface area is 134 Å². The molecule has 0 fully saturated rings. The second kappa shape index (κ2) is 6.23. The average Bonchev–Trinajstić information content (AvgIpc) is 2.97. The summed E-state index contributed by atoms with van der Waals surface area (Å²) in [5.74, 6) is -1.39. The van der Waals surface area contributed by atoms with Crippen LogP contribution >= 0.6 is 0 Å². The molecular weight excluding hydrogens is 292 g/mol. The van der Waals surface area contributed by atoms with E-state index in [4.69, 9.17) is 5.26 Å². The Morgan fingerprint density at radius 2 is 2.35 bits per heavy atom. The zero-order chi connectivity index (χ0) is 16.4. The third kappa shape index (κ3) is 2.96. The maximum atomic E-state index is 11.7. The second-order valence-corrected chi connectivity index (χ2v) is 5.74. The van der Waals surface area contributed by atoms with E-state index in [2.05, 4.69) is 16.0 Å². The minimum atomic E-state index is -0.822. The molecule has 118 valence electrons. The Morgan fingerprint density at radius 1 is 1.52 bits per heavy atom. The molecule has 1 unspecified atom stereocenters. The molecule has 0 amide bonds. The SMILES string of the molecule is CCn1cnc2c1C(C(=O)O)CN(Cc1cccc(C#N)c1)C2. The zero-order valence-corrected chi connectivity index (χ0v) is 12.9. The van der Waals surface area contributed by atoms with Crippen LogP contribution in [0.3, 0.4) is 0 Å². The summed E-state index contributed by atoms with van der Waals surface area (Å²) in [4.78, 5) is 18.1. The molecule has 3 rings (SSSR count). The number of nitriles is 1. The summed E-state index contributed by atoms with van der Waals surface area (Å²) < 4.78 is 1.92. The number of carboxylic acid groups (broad SMARTS) is 1. The monoisotopic (exact) mass is 310 g/mol. The molecule has 0 saturated heterocycles. The summed E-state index contributed by atoms with van der Waals surface area (Å²) in [6, 6.07) is 9.54. The summed E-state index contributed by atoms with van der Waals surface area (Å²) >= 11 is 0. The topological polar surface area (TPSA) is 82.2 Å². The Balaban J connectivity index is 1.86. The third-order valence-corrected chi connectivity index (χ3v) is 4.20. The van der Waals surface area contributed by atoms with E-state index in [9.17, 15) is 9.90 Å². The number of benzene rings is 1. The van der Waals surface area contributed by atoms with Crippen molar-refractivity contribution in [1.29, 1.82) is 5.26 Å². The molecule has 0 saturated carbocycles. The number of carboxylic acids is 1. The average molecular weight is 310 g/mol. The van der Waals surface area contributed by atoms with Crippen LogP contribution in [0.2, 0.25) is 0 Å². The van der Waals surface area contributed by atoms with Gasteiger partial charge in [0.05, 0.1) is 29.3 Å². The van der Waals surface area contributed by atoms with Crippen LogP contribution in [0, 0.1) is 11.3 Å². The van der Waals surface area contributed by atoms with Gasteiger partial charge in [-0.25, -0.2) is 4.98 Å². The molecule has 1 aromatic heterocycles. The first-order valence-electron chi connectivity index (χ1n) is 7.60. The first-order valence-corrected chi connectivity index (χ1v) is 7.60. The molecule has 0 spiro atoms. The van der Waals surface area contributed by atoms with Gasteiger partial charge in [0.25, 0.3) is 0 Å². The Morgan fingerprint density at radius 3 is 3.04 bits per heavy atom. The summed E-state index contributed by atoms with van der Waals surface area (Å²) in [7, 11) is 0. The Bertz CT molecular complexity index is 775. The number of aryl methyl sites for hydroxylation is 1. The largest absolute Gasteiger partial charge is 0.481 e. The molecule has 1 aromatic carbocycles. The van der Waals surface area contributed by atoms with Gasteiger partial charge >= 0.3 is 5.97 Å². The Hall–Kier alpha value is -2.65. The molecule has 0 aliphatic carbocycles. The first kappa shape index (κ1) is 15.3. The minimum absolute atomic E-state index is 0.449. The number of nitrogens with zero attached hydrogens (tertiary/aromatic N) is 4. The van der Waals surface area contributed by atoms with Crippen LogP contribution in [0.5, 0.6) is 0 Å². The van der Waals surface area contributed by atoms with E-state index >= 15 is 0 Å². The van der Waals surface area contributed by atoms with E-state index in [1.54, 1.807) is 12.4 Å². The number of aliphatic carboxylic acids is 1. The van der Waals surface area contributed by atoms with E-state index in [1.807, 2.05) is 29.7 Å². The van der Waals surface area contributed by atoms with Crippen molar-refractivity contribution in [3.8, 4) is 6.07 Å². The lowest BCUT2D eigenvalue weighted by atomic mass is 9.97. The lowest BCUT2D eigenvalue weighted by Gasteiger charge is -2.31. The van der Waals surface area contributed by atoms with E-state index in [-0.39, 0.29) is 0 Å². The first-order chi connectivity index (χ1) is 11.1. The van der Waals surface area contributed by atoms with Crippen molar-refractivity contribution < 1.29 is 9.90 Å². The van der Waals surface area contributed by atoms with E-state index in [0.717, 1.165) is 23.5 Å². The van der Waals surface area contributed by atoms with E-state index in [0.29, 0.717) is 25.2 Å². The van der Waals surface area contributed by atoms with Gasteiger partial charge in [-0.2, -0.15) is 5.26 Å². The Kier molecular flexibility index (Phi) is 4.13. The predicted octanol–water partition coefficient (Wildman–Crippen LogP) is 1.96. The number of carbonyl (C=O) groups is 1. The van der Waals surface area contributed by atoms with E-state index < -0.39 is 11.9 Å². The molecule has 2 heterocycles. The van der Waals surface area contributed by atoms with Gasteiger partial charge in [-0.15, -0.1) is 0 Å². The minimum Gasteiger partial charge on any atom is -0.481 e. The van der Waals surface area contributed by atoms with Crippen LogP contribution in [-0.2, 0) is 24.4 Å². The highest BCUT2D eigenvalue weighted by Gasteiger charge is 2.34. The molecule has 2 aromatic rings. The smallest absolute Gasteiger partial charge is 0.313 e. The van der Waals surface area contributed by atoms with Crippen molar-refractivity contribution in [1.82, 2.24) is 14.5 Å². The number of hydrogen-bond acceptors (Lipinski definition) is 4. The molecule has 1 aliphatic heterocycles. The second-order valence-electron chi connectivity index (χ2n) is 5.74. The lowest BCUT2D eigenvalue weighted by molar-refractivity contribution is -0.139. The summed E-state index contributed by atoms with van der Waals surface area (Å²) in [5, 5.41) is 18.6. The van der Waals surface area contributed by atoms with Crippen LogP contribution in [0.15, 0.2) is 30.6 Å². The van der Waals surface area contributed by atoms with Crippen molar-refractivity contribution >= 4 is 5.97 Å². The highest BCUT2D eigenvalue weighted by atomic mass is 16.4. The molecular formula is C17H18N4O2. The highest BCUT2D eigenvalue weighted by molar-refractivity contribution is 5.76. The molecule has 0 bridgehead atoms.